The number of fused-ring (bicyclic) bond motifs is 5. The van der Waals surface area contributed by atoms with Crippen LogP contribution >= 0.6 is 35.6 Å². The van der Waals surface area contributed by atoms with Crippen LogP contribution in [0.25, 0.3) is 5.69 Å². The van der Waals surface area contributed by atoms with Crippen LogP contribution in [-0.4, -0.2) is 31.2 Å². The van der Waals surface area contributed by atoms with Gasteiger partial charge in [-0.1, -0.05) is 29.0 Å². The van der Waals surface area contributed by atoms with Gasteiger partial charge in [0, 0.05) is 16.3 Å². The second-order valence-corrected chi connectivity index (χ2v) is 6.42. The summed E-state index contributed by atoms with van der Waals surface area (Å²) in [5, 5.41) is 4.53. The van der Waals surface area contributed by atoms with E-state index in [-0.39, 0.29) is 6.04 Å². The molecule has 0 saturated carbocycles. The highest BCUT2D eigenvalue weighted by Gasteiger charge is 2.38. The van der Waals surface area contributed by atoms with Crippen molar-refractivity contribution in [2.45, 2.75) is 6.04 Å². The third-order valence-corrected chi connectivity index (χ3v) is 5.20. The van der Waals surface area contributed by atoms with Crippen molar-refractivity contribution in [1.29, 1.82) is 0 Å². The maximum Gasteiger partial charge on any atom is 0.446 e. The van der Waals surface area contributed by atoms with Gasteiger partial charge < -0.3 is 4.90 Å². The van der Waals surface area contributed by atoms with Gasteiger partial charge in [0.1, 0.15) is 11.0 Å². The van der Waals surface area contributed by atoms with Gasteiger partial charge in [-0.15, -0.1) is 11.8 Å². The molecule has 1 saturated heterocycles. The Labute approximate surface area is 128 Å². The lowest BCUT2D eigenvalue weighted by molar-refractivity contribution is 0.353. The summed E-state index contributed by atoms with van der Waals surface area (Å²) in [7, 11) is 0. The van der Waals surface area contributed by atoms with E-state index in [1.807, 2.05) is 0 Å². The van der Waals surface area contributed by atoms with Crippen molar-refractivity contribution in [3.05, 3.63) is 45.2 Å². The summed E-state index contributed by atoms with van der Waals surface area (Å²) < 4.78 is 6.34. The fraction of sp³-hybridized carbons (Fsp3) is 0.250. The van der Waals surface area contributed by atoms with E-state index in [1.165, 1.54) is 4.57 Å². The van der Waals surface area contributed by atoms with Crippen molar-refractivity contribution in [2.24, 2.45) is 0 Å². The van der Waals surface area contributed by atoms with Gasteiger partial charge in [0.05, 0.1) is 11.6 Å². The molecule has 1 atom stereocenters. The van der Waals surface area contributed by atoms with E-state index in [0.29, 0.717) is 21.5 Å². The number of hydrogen-bond donors (Lipinski definition) is 0. The molecule has 0 spiro atoms. The SMILES string of the molecule is O=c1onc2n1-c1ccc(Cl)cc1C(=S)N1CSCC21. The minimum Gasteiger partial charge on any atom is -0.342 e. The van der Waals surface area contributed by atoms with Gasteiger partial charge in [0.25, 0.3) is 0 Å². The third kappa shape index (κ3) is 1.60. The van der Waals surface area contributed by atoms with Gasteiger partial charge in [-0.05, 0) is 18.2 Å². The van der Waals surface area contributed by atoms with Crippen molar-refractivity contribution < 1.29 is 4.52 Å². The van der Waals surface area contributed by atoms with Crippen molar-refractivity contribution in [2.75, 3.05) is 11.6 Å². The largest absolute Gasteiger partial charge is 0.446 e. The molecule has 20 heavy (non-hydrogen) atoms. The first-order chi connectivity index (χ1) is 9.66. The Morgan fingerprint density at radius 3 is 3.20 bits per heavy atom. The Hall–Kier alpha value is -1.31. The van der Waals surface area contributed by atoms with Gasteiger partial charge in [0.15, 0.2) is 5.82 Å². The van der Waals surface area contributed by atoms with Crippen LogP contribution in [0.4, 0.5) is 0 Å². The summed E-state index contributed by atoms with van der Waals surface area (Å²) in [5.74, 6) is 1.71. The van der Waals surface area contributed by atoms with E-state index in [1.54, 1.807) is 30.0 Å². The van der Waals surface area contributed by atoms with E-state index in [9.17, 15) is 4.79 Å². The number of benzene rings is 1. The molecule has 0 aliphatic carbocycles. The number of rotatable bonds is 0. The molecule has 4 rings (SSSR count). The predicted octanol–water partition coefficient (Wildman–Crippen LogP) is 2.22. The number of halogens is 1. The highest BCUT2D eigenvalue weighted by Crippen LogP contribution is 2.38. The molecule has 2 aliphatic heterocycles. The molecule has 8 heteroatoms. The molecule has 0 radical (unpaired) electrons. The summed E-state index contributed by atoms with van der Waals surface area (Å²) in [6.45, 7) is 0. The monoisotopic (exact) mass is 325 g/mol. The Morgan fingerprint density at radius 2 is 2.35 bits per heavy atom. The lowest BCUT2D eigenvalue weighted by Crippen LogP contribution is -2.29. The van der Waals surface area contributed by atoms with Crippen LogP contribution < -0.4 is 5.76 Å². The van der Waals surface area contributed by atoms with Gasteiger partial charge in [-0.25, -0.2) is 9.36 Å². The molecule has 5 nitrogen and oxygen atoms in total. The molecule has 1 aromatic carbocycles. The molecule has 1 fully saturated rings. The van der Waals surface area contributed by atoms with Crippen LogP contribution in [-0.2, 0) is 0 Å². The standard InChI is InChI=1S/C12H8ClN3O2S2/c13-6-1-2-8-7(3-6)11(19)15-5-20-4-9(15)10-14-18-12(17)16(8)10/h1-3,9H,4-5H2. The number of thioether (sulfide) groups is 1. The van der Waals surface area contributed by atoms with Crippen molar-refractivity contribution in [3.63, 3.8) is 0 Å². The molecule has 2 aromatic rings. The van der Waals surface area contributed by atoms with E-state index >= 15 is 0 Å². The maximum absolute atomic E-state index is 12.0. The molecule has 102 valence electrons. The third-order valence-electron chi connectivity index (χ3n) is 3.50. The zero-order chi connectivity index (χ0) is 13.9. The van der Waals surface area contributed by atoms with Gasteiger partial charge >= 0.3 is 5.76 Å². The van der Waals surface area contributed by atoms with Gasteiger partial charge in [0.2, 0.25) is 0 Å². The minimum atomic E-state index is -0.495. The Bertz CT molecular complexity index is 785. The fourth-order valence-corrected chi connectivity index (χ4v) is 4.35. The van der Waals surface area contributed by atoms with Crippen molar-refractivity contribution >= 4 is 40.6 Å². The van der Waals surface area contributed by atoms with Gasteiger partial charge in [-0.3, -0.25) is 4.52 Å². The molecule has 0 N–H and O–H groups in total. The van der Waals surface area contributed by atoms with Crippen LogP contribution in [0.15, 0.2) is 27.5 Å². The first kappa shape index (κ1) is 12.4. The van der Waals surface area contributed by atoms with Crippen molar-refractivity contribution in [3.8, 4) is 5.69 Å². The molecule has 1 unspecified atom stereocenters. The number of hydrogen-bond acceptors (Lipinski definition) is 5. The minimum absolute atomic E-state index is 0.0369. The molecular weight excluding hydrogens is 318 g/mol. The fourth-order valence-electron chi connectivity index (χ4n) is 2.58. The molecule has 3 heterocycles. The first-order valence-corrected chi connectivity index (χ1v) is 7.88. The van der Waals surface area contributed by atoms with Crippen LogP contribution in [0.2, 0.25) is 5.02 Å². The quantitative estimate of drug-likeness (QED) is 0.692. The maximum atomic E-state index is 12.0. The van der Waals surface area contributed by atoms with Crippen LogP contribution in [0.3, 0.4) is 0 Å². The summed E-state index contributed by atoms with van der Waals surface area (Å²) in [6.07, 6.45) is 0. The number of aromatic nitrogens is 2. The van der Waals surface area contributed by atoms with E-state index in [0.717, 1.165) is 17.2 Å². The second-order valence-electron chi connectivity index (χ2n) is 4.59. The predicted molar refractivity (Wildman–Crippen MR) is 80.7 cm³/mol. The second kappa shape index (κ2) is 4.34. The van der Waals surface area contributed by atoms with Crippen LogP contribution in [0.5, 0.6) is 0 Å². The Morgan fingerprint density at radius 1 is 1.50 bits per heavy atom. The summed E-state index contributed by atoms with van der Waals surface area (Å²) >= 11 is 13.4. The van der Waals surface area contributed by atoms with Gasteiger partial charge in [-0.2, -0.15) is 0 Å². The lowest BCUT2D eigenvalue weighted by atomic mass is 10.1. The molecule has 2 aliphatic rings. The highest BCUT2D eigenvalue weighted by molar-refractivity contribution is 7.99. The van der Waals surface area contributed by atoms with Crippen LogP contribution in [0, 0.1) is 0 Å². The molecule has 0 bridgehead atoms. The van der Waals surface area contributed by atoms with E-state index in [2.05, 4.69) is 10.1 Å². The average Bonchev–Trinajstić information content (AvgIpc) is 3.02. The molecule has 0 amide bonds. The average molecular weight is 326 g/mol. The summed E-state index contributed by atoms with van der Waals surface area (Å²) in [4.78, 5) is 14.8. The Kier molecular flexibility index (Phi) is 2.70. The normalized spacial score (nSPS) is 20.4. The summed E-state index contributed by atoms with van der Waals surface area (Å²) in [6, 6.07) is 5.26. The van der Waals surface area contributed by atoms with E-state index in [4.69, 9.17) is 28.3 Å². The zero-order valence-corrected chi connectivity index (χ0v) is 12.5. The smallest absolute Gasteiger partial charge is 0.342 e. The molecule has 1 aromatic heterocycles. The van der Waals surface area contributed by atoms with Crippen LogP contribution in [0.1, 0.15) is 17.4 Å². The first-order valence-electron chi connectivity index (χ1n) is 5.94. The molecular formula is C12H8ClN3O2S2. The summed E-state index contributed by atoms with van der Waals surface area (Å²) in [5.41, 5.74) is 1.45. The number of nitrogens with zero attached hydrogens (tertiary/aromatic N) is 3. The highest BCUT2D eigenvalue weighted by atomic mass is 35.5. The number of thiocarbonyl (C=S) groups is 1. The van der Waals surface area contributed by atoms with E-state index < -0.39 is 5.76 Å². The lowest BCUT2D eigenvalue weighted by Gasteiger charge is -2.22. The van der Waals surface area contributed by atoms with Crippen molar-refractivity contribution in [1.82, 2.24) is 14.6 Å². The topological polar surface area (TPSA) is 51.3 Å². The zero-order valence-electron chi connectivity index (χ0n) is 10.1. The Balaban J connectivity index is 2.09.